The maximum atomic E-state index is 14.3. The van der Waals surface area contributed by atoms with E-state index in [1.54, 1.807) is 28.8 Å². The molecule has 28 heavy (non-hydrogen) atoms. The molecule has 8 heteroatoms. The smallest absolute Gasteiger partial charge is 0.283 e. The molecule has 1 aromatic heterocycles. The average Bonchev–Trinajstić information content (AvgIpc) is 3.20. The molecule has 6 nitrogen and oxygen atoms in total. The summed E-state index contributed by atoms with van der Waals surface area (Å²) >= 11 is 1.31. The third-order valence-electron chi connectivity index (χ3n) is 4.66. The van der Waals surface area contributed by atoms with Gasteiger partial charge in [-0.25, -0.2) is 4.39 Å². The van der Waals surface area contributed by atoms with Crippen LogP contribution in [0.15, 0.2) is 46.0 Å². The standard InChI is InChI=1S/C20H18FN5OS/c1-4-17-24-26-18(22)14(19(27)23-20(26)28-17)10-13-9-11(2)25(12(13)3)16-8-6-5-7-15(16)21/h5-10,22H,4H2,1-3H3/b14-10-,22-18?. The van der Waals surface area contributed by atoms with Crippen LogP contribution < -0.4 is 0 Å². The quantitative estimate of drug-likeness (QED) is 0.789. The molecule has 0 bridgehead atoms. The Labute approximate surface area is 166 Å². The number of nitrogens with zero attached hydrogens (tertiary/aromatic N) is 4. The SMILES string of the molecule is CCC1=NN2C(=N)/C(=C/c3cc(C)n(-c4ccccc4F)c3C)C(=O)N=C2S1. The van der Waals surface area contributed by atoms with Gasteiger partial charge < -0.3 is 4.57 Å². The van der Waals surface area contributed by atoms with E-state index in [2.05, 4.69) is 10.1 Å². The molecule has 1 amide bonds. The molecular weight excluding hydrogens is 377 g/mol. The second kappa shape index (κ2) is 6.87. The molecule has 2 aliphatic rings. The number of carbonyl (C=O) groups is 1. The molecule has 0 unspecified atom stereocenters. The van der Waals surface area contributed by atoms with Gasteiger partial charge in [0.1, 0.15) is 10.9 Å². The van der Waals surface area contributed by atoms with Crippen LogP contribution in [0.2, 0.25) is 0 Å². The topological polar surface area (TPSA) is 73.8 Å². The largest absolute Gasteiger partial charge is 0.315 e. The molecule has 3 heterocycles. The van der Waals surface area contributed by atoms with Gasteiger partial charge in [0.15, 0.2) is 5.84 Å². The predicted octanol–water partition coefficient (Wildman–Crippen LogP) is 4.26. The number of aryl methyl sites for hydroxylation is 1. The molecule has 2 aromatic rings. The van der Waals surface area contributed by atoms with Gasteiger partial charge in [-0.05, 0) is 61.9 Å². The van der Waals surface area contributed by atoms with Crippen molar-refractivity contribution in [2.75, 3.05) is 0 Å². The van der Waals surface area contributed by atoms with E-state index in [1.807, 2.05) is 26.8 Å². The maximum Gasteiger partial charge on any atom is 0.283 e. The molecule has 1 aromatic carbocycles. The van der Waals surface area contributed by atoms with Crippen molar-refractivity contribution in [2.24, 2.45) is 10.1 Å². The lowest BCUT2D eigenvalue weighted by molar-refractivity contribution is -0.114. The minimum absolute atomic E-state index is 0.00152. The fourth-order valence-electron chi connectivity index (χ4n) is 3.27. The van der Waals surface area contributed by atoms with E-state index in [0.29, 0.717) is 17.3 Å². The summed E-state index contributed by atoms with van der Waals surface area (Å²) in [6.07, 6.45) is 2.35. The number of aromatic nitrogens is 1. The Kier molecular flexibility index (Phi) is 4.50. The number of aliphatic imine (C=N–C) groups is 1. The lowest BCUT2D eigenvalue weighted by atomic mass is 10.1. The molecule has 0 atom stereocenters. The Morgan fingerprint density at radius 2 is 2.04 bits per heavy atom. The van der Waals surface area contributed by atoms with Crippen LogP contribution in [0, 0.1) is 25.1 Å². The second-order valence-electron chi connectivity index (χ2n) is 6.48. The third kappa shape index (κ3) is 2.90. The lowest BCUT2D eigenvalue weighted by Crippen LogP contribution is -2.35. The zero-order valence-electron chi connectivity index (χ0n) is 15.7. The fourth-order valence-corrected chi connectivity index (χ4v) is 4.09. The predicted molar refractivity (Wildman–Crippen MR) is 111 cm³/mol. The van der Waals surface area contributed by atoms with Gasteiger partial charge in [-0.15, -0.1) is 0 Å². The Hall–Kier alpha value is -3.00. The number of amidine groups is 2. The van der Waals surface area contributed by atoms with Crippen LogP contribution in [0.5, 0.6) is 0 Å². The zero-order valence-corrected chi connectivity index (χ0v) is 16.5. The van der Waals surface area contributed by atoms with Gasteiger partial charge in [0.05, 0.1) is 11.3 Å². The van der Waals surface area contributed by atoms with E-state index in [4.69, 9.17) is 5.41 Å². The summed E-state index contributed by atoms with van der Waals surface area (Å²) < 4.78 is 16.1. The van der Waals surface area contributed by atoms with Crippen molar-refractivity contribution in [3.05, 3.63) is 58.7 Å². The number of thioether (sulfide) groups is 1. The number of carbonyl (C=O) groups excluding carboxylic acids is 1. The normalized spacial score (nSPS) is 17.9. The molecule has 0 aliphatic carbocycles. The highest BCUT2D eigenvalue weighted by Gasteiger charge is 2.35. The van der Waals surface area contributed by atoms with Crippen molar-refractivity contribution >= 4 is 39.8 Å². The minimum Gasteiger partial charge on any atom is -0.315 e. The molecule has 0 fully saturated rings. The van der Waals surface area contributed by atoms with Crippen molar-refractivity contribution in [3.8, 4) is 5.69 Å². The van der Waals surface area contributed by atoms with Crippen LogP contribution in [-0.2, 0) is 4.79 Å². The summed E-state index contributed by atoms with van der Waals surface area (Å²) in [7, 11) is 0. The molecule has 142 valence electrons. The number of hydrazone groups is 1. The van der Waals surface area contributed by atoms with Gasteiger partial charge in [0.2, 0.25) is 5.17 Å². The summed E-state index contributed by atoms with van der Waals surface area (Å²) in [5.41, 5.74) is 2.95. The summed E-state index contributed by atoms with van der Waals surface area (Å²) in [6, 6.07) is 8.41. The van der Waals surface area contributed by atoms with Crippen molar-refractivity contribution in [1.29, 1.82) is 5.41 Å². The summed E-state index contributed by atoms with van der Waals surface area (Å²) in [6.45, 7) is 5.70. The number of nitrogens with one attached hydrogen (secondary N) is 1. The number of benzene rings is 1. The first-order chi connectivity index (χ1) is 13.4. The first-order valence-corrected chi connectivity index (χ1v) is 9.65. The molecule has 1 N–H and O–H groups in total. The van der Waals surface area contributed by atoms with Gasteiger partial charge in [-0.2, -0.15) is 15.1 Å². The second-order valence-corrected chi connectivity index (χ2v) is 7.52. The number of rotatable bonds is 3. The molecule has 0 spiro atoms. The number of fused-ring (bicyclic) bond motifs is 1. The van der Waals surface area contributed by atoms with Crippen molar-refractivity contribution in [2.45, 2.75) is 27.2 Å². The van der Waals surface area contributed by atoms with Gasteiger partial charge in [0.25, 0.3) is 5.91 Å². The van der Waals surface area contributed by atoms with E-state index in [1.165, 1.54) is 22.8 Å². The highest BCUT2D eigenvalue weighted by molar-refractivity contribution is 8.26. The molecule has 0 saturated carbocycles. The van der Waals surface area contributed by atoms with Crippen LogP contribution in [-0.4, -0.2) is 31.5 Å². The van der Waals surface area contributed by atoms with Crippen molar-refractivity contribution in [1.82, 2.24) is 9.58 Å². The Bertz CT molecular complexity index is 1110. The molecule has 0 saturated heterocycles. The van der Waals surface area contributed by atoms with Crippen LogP contribution in [0.3, 0.4) is 0 Å². The van der Waals surface area contributed by atoms with Crippen molar-refractivity contribution < 1.29 is 9.18 Å². The van der Waals surface area contributed by atoms with Gasteiger partial charge in [-0.1, -0.05) is 19.1 Å². The van der Waals surface area contributed by atoms with Crippen LogP contribution in [0.4, 0.5) is 4.39 Å². The highest BCUT2D eigenvalue weighted by Crippen LogP contribution is 2.30. The first-order valence-electron chi connectivity index (χ1n) is 8.83. The molecule has 2 aliphatic heterocycles. The number of para-hydroxylation sites is 1. The Morgan fingerprint density at radius 1 is 1.29 bits per heavy atom. The monoisotopic (exact) mass is 395 g/mol. The Balaban J connectivity index is 1.78. The third-order valence-corrected chi connectivity index (χ3v) is 5.72. The first kappa shape index (κ1) is 18.4. The van der Waals surface area contributed by atoms with Crippen molar-refractivity contribution in [3.63, 3.8) is 0 Å². The number of amides is 1. The van der Waals surface area contributed by atoms with E-state index >= 15 is 0 Å². The number of hydrogen-bond donors (Lipinski definition) is 1. The summed E-state index contributed by atoms with van der Waals surface area (Å²) in [4.78, 5) is 16.6. The molecular formula is C20H18FN5OS. The number of hydrogen-bond acceptors (Lipinski definition) is 4. The Morgan fingerprint density at radius 3 is 2.75 bits per heavy atom. The molecule has 0 radical (unpaired) electrons. The van der Waals surface area contributed by atoms with E-state index in [9.17, 15) is 9.18 Å². The van der Waals surface area contributed by atoms with Gasteiger partial charge in [-0.3, -0.25) is 10.2 Å². The van der Waals surface area contributed by atoms with Crippen LogP contribution in [0.1, 0.15) is 30.3 Å². The van der Waals surface area contributed by atoms with Crippen LogP contribution in [0.25, 0.3) is 11.8 Å². The van der Waals surface area contributed by atoms with E-state index < -0.39 is 5.91 Å². The van der Waals surface area contributed by atoms with E-state index in [-0.39, 0.29) is 17.2 Å². The zero-order chi connectivity index (χ0) is 20.0. The van der Waals surface area contributed by atoms with Gasteiger partial charge in [0, 0.05) is 11.4 Å². The minimum atomic E-state index is -0.466. The summed E-state index contributed by atoms with van der Waals surface area (Å²) in [5.74, 6) is -0.789. The number of halogens is 1. The van der Waals surface area contributed by atoms with Gasteiger partial charge >= 0.3 is 0 Å². The average molecular weight is 395 g/mol. The molecule has 4 rings (SSSR count). The van der Waals surface area contributed by atoms with Crippen LogP contribution >= 0.6 is 11.8 Å². The highest BCUT2D eigenvalue weighted by atomic mass is 32.2. The maximum absolute atomic E-state index is 14.3. The summed E-state index contributed by atoms with van der Waals surface area (Å²) in [5, 5.41) is 15.4. The lowest BCUT2D eigenvalue weighted by Gasteiger charge is -2.20. The fraction of sp³-hybridized carbons (Fsp3) is 0.200. The van der Waals surface area contributed by atoms with E-state index in [0.717, 1.165) is 22.0 Å².